The van der Waals surface area contributed by atoms with Crippen LogP contribution in [0.2, 0.25) is 0 Å². The number of nitro benzene ring substituents is 1. The van der Waals surface area contributed by atoms with Crippen LogP contribution < -0.4 is 10.6 Å². The molecule has 0 aliphatic carbocycles. The van der Waals surface area contributed by atoms with Crippen LogP contribution in [0.5, 0.6) is 0 Å². The molecule has 2 N–H and O–H groups in total. The van der Waals surface area contributed by atoms with Crippen molar-refractivity contribution < 1.29 is 14.5 Å². The molecule has 90 valence electrons. The highest BCUT2D eigenvalue weighted by Gasteiger charge is 2.23. The summed E-state index contributed by atoms with van der Waals surface area (Å²) < 4.78 is 5.12. The lowest BCUT2D eigenvalue weighted by Gasteiger charge is -2.09. The molecule has 0 radical (unpaired) electrons. The number of hydrogen-bond acceptors (Lipinski definition) is 5. The Labute approximate surface area is 96.9 Å². The van der Waals surface area contributed by atoms with Crippen molar-refractivity contribution in [1.29, 1.82) is 0 Å². The Morgan fingerprint density at radius 1 is 1.47 bits per heavy atom. The number of carbonyl (C=O) groups is 1. The molecule has 1 heterocycles. The van der Waals surface area contributed by atoms with Gasteiger partial charge in [0.25, 0.3) is 11.6 Å². The number of non-ortho nitro benzene ring substituents is 1. The highest BCUT2D eigenvalue weighted by Crippen LogP contribution is 2.15. The topological polar surface area (TPSA) is 93.5 Å². The average Bonchev–Trinajstić information content (AvgIpc) is 2.83. The number of nitrogens with one attached hydrogen (secondary N) is 2. The van der Waals surface area contributed by atoms with Gasteiger partial charge in [0.1, 0.15) is 0 Å². The number of anilines is 1. The zero-order chi connectivity index (χ0) is 12.3. The van der Waals surface area contributed by atoms with Gasteiger partial charge in [-0.3, -0.25) is 20.2 Å². The number of benzene rings is 1. The zero-order valence-electron chi connectivity index (χ0n) is 8.88. The van der Waals surface area contributed by atoms with E-state index in [-0.39, 0.29) is 11.6 Å². The number of amides is 1. The molecular weight excluding hydrogens is 226 g/mol. The van der Waals surface area contributed by atoms with Crippen molar-refractivity contribution in [3.8, 4) is 0 Å². The quantitative estimate of drug-likeness (QED) is 0.589. The first-order valence-corrected chi connectivity index (χ1v) is 5.04. The van der Waals surface area contributed by atoms with Crippen molar-refractivity contribution in [2.24, 2.45) is 0 Å². The van der Waals surface area contributed by atoms with Crippen LogP contribution in [0.25, 0.3) is 0 Å². The standard InChI is InChI=1S/C10H11N3O4/c14-10(9-5-11-6-17-9)12-7-1-3-8(4-2-7)13(15)16/h1-4,9,11H,5-6H2,(H,12,14). The van der Waals surface area contributed by atoms with E-state index in [1.54, 1.807) is 0 Å². The Morgan fingerprint density at radius 2 is 2.18 bits per heavy atom. The van der Waals surface area contributed by atoms with Crippen LogP contribution in [0.4, 0.5) is 11.4 Å². The summed E-state index contributed by atoms with van der Waals surface area (Å²) in [6.45, 7) is 0.831. The molecule has 1 saturated heterocycles. The Bertz CT molecular complexity index is 426. The van der Waals surface area contributed by atoms with E-state index in [1.165, 1.54) is 24.3 Å². The molecule has 7 heteroatoms. The number of nitro groups is 1. The molecule has 1 fully saturated rings. The number of hydrogen-bond donors (Lipinski definition) is 2. The van der Waals surface area contributed by atoms with Gasteiger partial charge in [0, 0.05) is 24.4 Å². The Balaban J connectivity index is 1.98. The minimum atomic E-state index is -0.509. The summed E-state index contributed by atoms with van der Waals surface area (Å²) in [7, 11) is 0. The molecule has 1 aliphatic rings. The first-order chi connectivity index (χ1) is 8.16. The van der Waals surface area contributed by atoms with Crippen molar-refractivity contribution >= 4 is 17.3 Å². The zero-order valence-corrected chi connectivity index (χ0v) is 8.88. The van der Waals surface area contributed by atoms with E-state index < -0.39 is 11.0 Å². The maximum atomic E-state index is 11.6. The van der Waals surface area contributed by atoms with Gasteiger partial charge in [-0.25, -0.2) is 0 Å². The second kappa shape index (κ2) is 4.89. The molecular formula is C10H11N3O4. The van der Waals surface area contributed by atoms with Crippen molar-refractivity contribution in [1.82, 2.24) is 5.32 Å². The van der Waals surface area contributed by atoms with E-state index in [0.717, 1.165) is 0 Å². The summed E-state index contributed by atoms with van der Waals surface area (Å²) in [5.41, 5.74) is 0.498. The fourth-order valence-electron chi connectivity index (χ4n) is 1.47. The molecule has 0 bridgehead atoms. The van der Waals surface area contributed by atoms with Gasteiger partial charge in [0.2, 0.25) is 0 Å². The van der Waals surface area contributed by atoms with Crippen molar-refractivity contribution in [2.75, 3.05) is 18.6 Å². The molecule has 1 aromatic rings. The minimum Gasteiger partial charge on any atom is -0.352 e. The molecule has 1 unspecified atom stereocenters. The number of carbonyl (C=O) groups excluding carboxylic acids is 1. The normalized spacial score (nSPS) is 18.9. The highest BCUT2D eigenvalue weighted by molar-refractivity contribution is 5.94. The minimum absolute atomic E-state index is 0.0122. The SMILES string of the molecule is O=C(Nc1ccc([N+](=O)[O-])cc1)C1CNCO1. The lowest BCUT2D eigenvalue weighted by Crippen LogP contribution is -2.30. The van der Waals surface area contributed by atoms with Crippen LogP contribution in [0.1, 0.15) is 0 Å². The van der Waals surface area contributed by atoms with Gasteiger partial charge in [-0.1, -0.05) is 0 Å². The maximum Gasteiger partial charge on any atom is 0.269 e. The Kier molecular flexibility index (Phi) is 3.31. The summed E-state index contributed by atoms with van der Waals surface area (Å²) in [6.07, 6.45) is -0.509. The molecule has 1 amide bonds. The third-order valence-electron chi connectivity index (χ3n) is 2.35. The lowest BCUT2D eigenvalue weighted by atomic mass is 10.2. The van der Waals surface area contributed by atoms with Gasteiger partial charge in [-0.15, -0.1) is 0 Å². The predicted octanol–water partition coefficient (Wildman–Crippen LogP) is 0.479. The van der Waals surface area contributed by atoms with E-state index in [0.29, 0.717) is 19.0 Å². The smallest absolute Gasteiger partial charge is 0.269 e. The molecule has 1 aliphatic heterocycles. The molecule has 1 atom stereocenters. The van der Waals surface area contributed by atoms with Crippen LogP contribution >= 0.6 is 0 Å². The third-order valence-corrected chi connectivity index (χ3v) is 2.35. The largest absolute Gasteiger partial charge is 0.352 e. The van der Waals surface area contributed by atoms with Crippen LogP contribution in [0.15, 0.2) is 24.3 Å². The second-order valence-corrected chi connectivity index (χ2v) is 3.55. The summed E-state index contributed by atoms with van der Waals surface area (Å²) >= 11 is 0. The lowest BCUT2D eigenvalue weighted by molar-refractivity contribution is -0.384. The van der Waals surface area contributed by atoms with Crippen molar-refractivity contribution in [3.05, 3.63) is 34.4 Å². The number of nitrogens with zero attached hydrogens (tertiary/aromatic N) is 1. The molecule has 2 rings (SSSR count). The average molecular weight is 237 g/mol. The summed E-state index contributed by atoms with van der Waals surface area (Å²) in [5, 5.41) is 15.9. The van der Waals surface area contributed by atoms with Crippen LogP contribution in [-0.2, 0) is 9.53 Å². The molecule has 0 spiro atoms. The maximum absolute atomic E-state index is 11.6. The van der Waals surface area contributed by atoms with Gasteiger partial charge in [-0.05, 0) is 12.1 Å². The van der Waals surface area contributed by atoms with E-state index in [2.05, 4.69) is 10.6 Å². The van der Waals surface area contributed by atoms with Gasteiger partial charge in [0.05, 0.1) is 11.7 Å². The van der Waals surface area contributed by atoms with Gasteiger partial charge in [0.15, 0.2) is 6.10 Å². The van der Waals surface area contributed by atoms with E-state index in [4.69, 9.17) is 4.74 Å². The first kappa shape index (κ1) is 11.5. The summed E-state index contributed by atoms with van der Waals surface area (Å²) in [6, 6.07) is 5.64. The summed E-state index contributed by atoms with van der Waals surface area (Å²) in [4.78, 5) is 21.6. The van der Waals surface area contributed by atoms with E-state index in [9.17, 15) is 14.9 Å². The number of ether oxygens (including phenoxy) is 1. The first-order valence-electron chi connectivity index (χ1n) is 5.04. The van der Waals surface area contributed by atoms with Crippen LogP contribution in [0, 0.1) is 10.1 Å². The molecule has 1 aromatic carbocycles. The number of rotatable bonds is 3. The molecule has 17 heavy (non-hydrogen) atoms. The molecule has 7 nitrogen and oxygen atoms in total. The monoisotopic (exact) mass is 237 g/mol. The Hall–Kier alpha value is -1.99. The Morgan fingerprint density at radius 3 is 2.71 bits per heavy atom. The van der Waals surface area contributed by atoms with Crippen molar-refractivity contribution in [3.63, 3.8) is 0 Å². The van der Waals surface area contributed by atoms with Gasteiger partial charge < -0.3 is 10.1 Å². The summed E-state index contributed by atoms with van der Waals surface area (Å²) in [5.74, 6) is -0.260. The van der Waals surface area contributed by atoms with Crippen molar-refractivity contribution in [2.45, 2.75) is 6.10 Å². The van der Waals surface area contributed by atoms with Gasteiger partial charge in [-0.2, -0.15) is 0 Å². The van der Waals surface area contributed by atoms with Crippen LogP contribution in [0.3, 0.4) is 0 Å². The van der Waals surface area contributed by atoms with E-state index in [1.807, 2.05) is 0 Å². The van der Waals surface area contributed by atoms with E-state index >= 15 is 0 Å². The fraction of sp³-hybridized carbons (Fsp3) is 0.300. The molecule has 0 aromatic heterocycles. The highest BCUT2D eigenvalue weighted by atomic mass is 16.6. The predicted molar refractivity (Wildman–Crippen MR) is 59.5 cm³/mol. The third kappa shape index (κ3) is 2.77. The second-order valence-electron chi connectivity index (χ2n) is 3.55. The fourth-order valence-corrected chi connectivity index (χ4v) is 1.47. The molecule has 0 saturated carbocycles. The van der Waals surface area contributed by atoms with Crippen LogP contribution in [-0.4, -0.2) is 30.2 Å². The van der Waals surface area contributed by atoms with Gasteiger partial charge >= 0.3 is 0 Å².